The molecule has 2 heterocycles. The monoisotopic (exact) mass is 369 g/mol. The van der Waals surface area contributed by atoms with Gasteiger partial charge in [-0.05, 0) is 43.0 Å². The summed E-state index contributed by atoms with van der Waals surface area (Å²) in [5, 5.41) is 12.2. The van der Waals surface area contributed by atoms with E-state index in [4.69, 9.17) is 0 Å². The van der Waals surface area contributed by atoms with E-state index in [1.54, 1.807) is 6.20 Å². The molecule has 1 aliphatic rings. The van der Waals surface area contributed by atoms with Crippen LogP contribution in [0.1, 0.15) is 39.2 Å². The molecule has 0 saturated carbocycles. The third-order valence-corrected chi connectivity index (χ3v) is 5.08. The number of fused-ring (bicyclic) bond motifs is 1. The molecule has 1 fully saturated rings. The summed E-state index contributed by atoms with van der Waals surface area (Å²) in [4.78, 5) is 21.2. The second kappa shape index (κ2) is 7.56. The Balaban J connectivity index is 1.72. The Labute approximate surface area is 162 Å². The van der Waals surface area contributed by atoms with E-state index < -0.39 is 5.60 Å². The molecule has 1 atom stereocenters. The summed E-state index contributed by atoms with van der Waals surface area (Å²) in [5.41, 5.74) is 0.838. The van der Waals surface area contributed by atoms with E-state index in [1.807, 2.05) is 35.0 Å². The first kappa shape index (κ1) is 19.8. The molecular formula is C22H31N3O2. The summed E-state index contributed by atoms with van der Waals surface area (Å²) >= 11 is 0. The fraction of sp³-hybridized carbons (Fsp3) is 0.545. The van der Waals surface area contributed by atoms with E-state index in [-0.39, 0.29) is 11.3 Å². The predicted octanol–water partition coefficient (Wildman–Crippen LogP) is 3.07. The van der Waals surface area contributed by atoms with Gasteiger partial charge in [0, 0.05) is 37.8 Å². The lowest BCUT2D eigenvalue weighted by Gasteiger charge is -2.42. The molecule has 2 aromatic rings. The van der Waals surface area contributed by atoms with Gasteiger partial charge in [-0.15, -0.1) is 0 Å². The zero-order valence-corrected chi connectivity index (χ0v) is 16.9. The van der Waals surface area contributed by atoms with Gasteiger partial charge in [-0.25, -0.2) is 0 Å². The van der Waals surface area contributed by atoms with Gasteiger partial charge in [-0.3, -0.25) is 14.7 Å². The van der Waals surface area contributed by atoms with Crippen molar-refractivity contribution in [3.63, 3.8) is 0 Å². The van der Waals surface area contributed by atoms with Crippen molar-refractivity contribution in [1.82, 2.24) is 14.8 Å². The van der Waals surface area contributed by atoms with E-state index >= 15 is 0 Å². The Morgan fingerprint density at radius 1 is 1.26 bits per heavy atom. The molecule has 1 aromatic heterocycles. The lowest BCUT2D eigenvalue weighted by molar-refractivity contribution is -0.160. The number of benzene rings is 1. The van der Waals surface area contributed by atoms with E-state index in [0.29, 0.717) is 26.1 Å². The van der Waals surface area contributed by atoms with Gasteiger partial charge in [0.05, 0.1) is 5.52 Å². The molecule has 1 aliphatic heterocycles. The molecule has 1 aromatic carbocycles. The van der Waals surface area contributed by atoms with Gasteiger partial charge in [0.25, 0.3) is 5.91 Å². The normalized spacial score (nSPS) is 21.3. The minimum Gasteiger partial charge on any atom is -0.379 e. The summed E-state index contributed by atoms with van der Waals surface area (Å²) in [6, 6.07) is 10.1. The van der Waals surface area contributed by atoms with Gasteiger partial charge < -0.3 is 10.0 Å². The van der Waals surface area contributed by atoms with Crippen LogP contribution in [0.2, 0.25) is 0 Å². The topological polar surface area (TPSA) is 56.7 Å². The van der Waals surface area contributed by atoms with Gasteiger partial charge in [0.1, 0.15) is 0 Å². The first-order chi connectivity index (χ1) is 12.7. The van der Waals surface area contributed by atoms with Gasteiger partial charge >= 0.3 is 0 Å². The van der Waals surface area contributed by atoms with Crippen LogP contribution in [0, 0.1) is 5.41 Å². The fourth-order valence-corrected chi connectivity index (χ4v) is 4.03. The van der Waals surface area contributed by atoms with Crippen molar-refractivity contribution in [2.75, 3.05) is 26.7 Å². The number of hydrogen-bond donors (Lipinski definition) is 1. The van der Waals surface area contributed by atoms with Crippen molar-refractivity contribution in [3.8, 4) is 0 Å². The Kier molecular flexibility index (Phi) is 5.54. The maximum absolute atomic E-state index is 13.0. The smallest absolute Gasteiger partial charge is 0.255 e. The molecule has 0 aliphatic carbocycles. The Bertz CT molecular complexity index is 809. The van der Waals surface area contributed by atoms with Gasteiger partial charge in [-0.2, -0.15) is 0 Å². The molecule has 5 heteroatoms. The highest BCUT2D eigenvalue weighted by Crippen LogP contribution is 2.27. The number of hydrogen-bond acceptors (Lipinski definition) is 4. The summed E-state index contributed by atoms with van der Waals surface area (Å²) in [7, 11) is 1.96. The van der Waals surface area contributed by atoms with Crippen LogP contribution < -0.4 is 0 Å². The molecule has 1 saturated heterocycles. The van der Waals surface area contributed by atoms with Crippen LogP contribution in [0.4, 0.5) is 0 Å². The molecule has 1 N–H and O–H groups in total. The number of nitrogens with zero attached hydrogens (tertiary/aromatic N) is 3. The zero-order chi connectivity index (χ0) is 19.7. The molecule has 0 bridgehead atoms. The van der Waals surface area contributed by atoms with Crippen LogP contribution in [0.25, 0.3) is 10.9 Å². The van der Waals surface area contributed by atoms with Crippen molar-refractivity contribution in [2.24, 2.45) is 5.41 Å². The van der Waals surface area contributed by atoms with E-state index in [9.17, 15) is 9.90 Å². The van der Waals surface area contributed by atoms with Gasteiger partial charge in [0.2, 0.25) is 0 Å². The van der Waals surface area contributed by atoms with E-state index in [1.165, 1.54) is 0 Å². The summed E-state index contributed by atoms with van der Waals surface area (Å²) in [6.07, 6.45) is 3.15. The summed E-state index contributed by atoms with van der Waals surface area (Å²) < 4.78 is 0. The Morgan fingerprint density at radius 3 is 2.78 bits per heavy atom. The van der Waals surface area contributed by atoms with Gasteiger partial charge in [-0.1, -0.05) is 39.0 Å². The quantitative estimate of drug-likeness (QED) is 0.880. The molecule has 1 unspecified atom stereocenters. The van der Waals surface area contributed by atoms with Crippen LogP contribution in [-0.4, -0.2) is 58.1 Å². The number of pyridine rings is 1. The third kappa shape index (κ3) is 4.66. The largest absolute Gasteiger partial charge is 0.379 e. The van der Waals surface area contributed by atoms with Crippen molar-refractivity contribution in [1.29, 1.82) is 0 Å². The van der Waals surface area contributed by atoms with Crippen molar-refractivity contribution in [2.45, 2.75) is 45.8 Å². The first-order valence-corrected chi connectivity index (χ1v) is 9.71. The van der Waals surface area contributed by atoms with Crippen molar-refractivity contribution < 1.29 is 9.90 Å². The zero-order valence-electron chi connectivity index (χ0n) is 16.9. The maximum Gasteiger partial charge on any atom is 0.255 e. The predicted molar refractivity (Wildman–Crippen MR) is 108 cm³/mol. The highest BCUT2D eigenvalue weighted by Gasteiger charge is 2.43. The van der Waals surface area contributed by atoms with Crippen LogP contribution in [0.5, 0.6) is 0 Å². The highest BCUT2D eigenvalue weighted by molar-refractivity contribution is 5.86. The third-order valence-electron chi connectivity index (χ3n) is 5.08. The Hall–Kier alpha value is -1.98. The minimum atomic E-state index is -1.30. The second-order valence-corrected chi connectivity index (χ2v) is 9.08. The number of aliphatic hydroxyl groups is 1. The van der Waals surface area contributed by atoms with E-state index in [0.717, 1.165) is 29.4 Å². The number of carbonyl (C=O) groups is 1. The lowest BCUT2D eigenvalue weighted by Crippen LogP contribution is -2.59. The van der Waals surface area contributed by atoms with Gasteiger partial charge in [0.15, 0.2) is 5.60 Å². The summed E-state index contributed by atoms with van der Waals surface area (Å²) in [5.74, 6) is -0.130. The van der Waals surface area contributed by atoms with Crippen LogP contribution in [0.3, 0.4) is 0 Å². The first-order valence-electron chi connectivity index (χ1n) is 9.71. The van der Waals surface area contributed by atoms with Crippen molar-refractivity contribution >= 4 is 16.8 Å². The average Bonchev–Trinajstić information content (AvgIpc) is 2.58. The number of likely N-dealkylation sites (tertiary alicyclic amines) is 1. The minimum absolute atomic E-state index is 0.0236. The highest BCUT2D eigenvalue weighted by atomic mass is 16.3. The van der Waals surface area contributed by atoms with Crippen molar-refractivity contribution in [3.05, 3.63) is 42.1 Å². The molecule has 1 amide bonds. The van der Waals surface area contributed by atoms with Crippen LogP contribution in [0.15, 0.2) is 36.5 Å². The van der Waals surface area contributed by atoms with Crippen LogP contribution in [-0.2, 0) is 11.3 Å². The lowest BCUT2D eigenvalue weighted by atomic mass is 9.88. The average molecular weight is 370 g/mol. The SMILES string of the molecule is CN(Cc1cccc2ncccc12)CC1(O)CCCN(CC(C)(C)C)C1=O. The molecule has 0 spiro atoms. The Morgan fingerprint density at radius 2 is 2.04 bits per heavy atom. The second-order valence-electron chi connectivity index (χ2n) is 9.08. The molecule has 146 valence electrons. The number of amides is 1. The molecule has 5 nitrogen and oxygen atoms in total. The van der Waals surface area contributed by atoms with Crippen LogP contribution >= 0.6 is 0 Å². The number of aromatic nitrogens is 1. The standard InChI is InChI=1S/C22H31N3O2/c1-21(2,3)15-25-13-7-11-22(27,20(25)26)16-24(4)14-17-8-5-10-19-18(17)9-6-12-23-19/h5-6,8-10,12,27H,7,11,13-16H2,1-4H3. The number of piperidine rings is 1. The molecule has 0 radical (unpaired) electrons. The molecule has 27 heavy (non-hydrogen) atoms. The number of rotatable bonds is 5. The fourth-order valence-electron chi connectivity index (χ4n) is 4.03. The molecular weight excluding hydrogens is 338 g/mol. The summed E-state index contributed by atoms with van der Waals surface area (Å²) in [6.45, 7) is 8.77. The number of carbonyl (C=O) groups excluding carboxylic acids is 1. The number of likely N-dealkylation sites (N-methyl/N-ethyl adjacent to an activating group) is 1. The van der Waals surface area contributed by atoms with E-state index in [2.05, 4.69) is 37.9 Å². The molecule has 3 rings (SSSR count). The maximum atomic E-state index is 13.0.